The number of hydrogen-bond acceptors (Lipinski definition) is 5. The fourth-order valence-corrected chi connectivity index (χ4v) is 3.19. The molecule has 1 aliphatic carbocycles. The van der Waals surface area contributed by atoms with Crippen LogP contribution in [0, 0.1) is 6.92 Å². The molecule has 6 nitrogen and oxygen atoms in total. The Bertz CT molecular complexity index is 691. The summed E-state index contributed by atoms with van der Waals surface area (Å²) >= 11 is 3.36. The number of hydrogen-bond donors (Lipinski definition) is 2. The Kier molecular flexibility index (Phi) is 4.85. The van der Waals surface area contributed by atoms with Crippen molar-refractivity contribution in [3.8, 4) is 0 Å². The van der Waals surface area contributed by atoms with Crippen molar-refractivity contribution in [3.63, 3.8) is 0 Å². The van der Waals surface area contributed by atoms with Crippen LogP contribution in [0.5, 0.6) is 0 Å². The summed E-state index contributed by atoms with van der Waals surface area (Å²) in [5.41, 5.74) is 1.29. The minimum absolute atomic E-state index is 0.0551. The molecule has 0 bridgehead atoms. The number of anilines is 1. The Hall–Kier alpha value is -2.02. The summed E-state index contributed by atoms with van der Waals surface area (Å²) in [5, 5.41) is 6.44. The van der Waals surface area contributed by atoms with E-state index in [1.807, 2.05) is 13.0 Å². The quantitative estimate of drug-likeness (QED) is 0.858. The zero-order valence-corrected chi connectivity index (χ0v) is 14.4. The van der Waals surface area contributed by atoms with E-state index in [-0.39, 0.29) is 18.0 Å². The predicted octanol–water partition coefficient (Wildman–Crippen LogP) is 2.71. The molecular weight excluding hydrogens is 358 g/mol. The lowest BCUT2D eigenvalue weighted by Crippen LogP contribution is -2.43. The third kappa shape index (κ3) is 3.85. The van der Waals surface area contributed by atoms with Crippen molar-refractivity contribution in [3.05, 3.63) is 46.6 Å². The number of nitrogens with one attached hydrogen (secondary N) is 2. The summed E-state index contributed by atoms with van der Waals surface area (Å²) < 4.78 is 0.699. The molecule has 3 rings (SSSR count). The van der Waals surface area contributed by atoms with Crippen LogP contribution in [0.4, 0.5) is 5.82 Å². The molecule has 2 aromatic heterocycles. The van der Waals surface area contributed by atoms with Crippen LogP contribution in [0.15, 0.2) is 35.2 Å². The predicted molar refractivity (Wildman–Crippen MR) is 91.2 cm³/mol. The maximum atomic E-state index is 12.4. The second-order valence-electron chi connectivity index (χ2n) is 5.64. The highest BCUT2D eigenvalue weighted by Gasteiger charge is 2.29. The average Bonchev–Trinajstić information content (AvgIpc) is 2.97. The molecule has 2 aromatic rings. The first-order valence-corrected chi connectivity index (χ1v) is 8.39. The Labute approximate surface area is 143 Å². The number of carbonyl (C=O) groups is 1. The van der Waals surface area contributed by atoms with Gasteiger partial charge in [0.1, 0.15) is 11.5 Å². The van der Waals surface area contributed by atoms with E-state index in [1.165, 1.54) is 0 Å². The molecule has 120 valence electrons. The van der Waals surface area contributed by atoms with Gasteiger partial charge in [-0.2, -0.15) is 0 Å². The summed E-state index contributed by atoms with van der Waals surface area (Å²) in [7, 11) is 0. The van der Waals surface area contributed by atoms with Gasteiger partial charge in [-0.05, 0) is 54.2 Å². The summed E-state index contributed by atoms with van der Waals surface area (Å²) in [6, 6.07) is 3.81. The molecule has 1 saturated carbocycles. The third-order valence-corrected chi connectivity index (χ3v) is 4.56. The van der Waals surface area contributed by atoms with Gasteiger partial charge in [0.2, 0.25) is 0 Å². The maximum absolute atomic E-state index is 12.4. The molecule has 23 heavy (non-hydrogen) atoms. The normalized spacial score (nSPS) is 20.3. The van der Waals surface area contributed by atoms with Crippen molar-refractivity contribution in [2.45, 2.75) is 38.3 Å². The standard InChI is InChI=1S/C16H18BrN5O/c1-10-8-20-14(9-19-10)21-12-5-2-6-13(12)22-16(23)15-11(17)4-3-7-18-15/h3-4,7-9,12-13H,2,5-6H2,1H3,(H,20,21)(H,22,23)/t12-,13-/m0/s1. The zero-order valence-electron chi connectivity index (χ0n) is 12.8. The molecule has 0 aliphatic heterocycles. The summed E-state index contributed by atoms with van der Waals surface area (Å²) in [6.07, 6.45) is 8.06. The van der Waals surface area contributed by atoms with Gasteiger partial charge >= 0.3 is 0 Å². The summed E-state index contributed by atoms with van der Waals surface area (Å²) in [6.45, 7) is 1.90. The highest BCUT2D eigenvalue weighted by atomic mass is 79.9. The van der Waals surface area contributed by atoms with E-state index < -0.39 is 0 Å². The number of rotatable bonds is 4. The molecule has 0 aromatic carbocycles. The second kappa shape index (κ2) is 7.04. The molecule has 7 heteroatoms. The number of amides is 1. The van der Waals surface area contributed by atoms with Gasteiger partial charge in [0.25, 0.3) is 5.91 Å². The molecule has 1 amide bonds. The van der Waals surface area contributed by atoms with Crippen LogP contribution in [0.1, 0.15) is 35.4 Å². The molecule has 0 saturated heterocycles. The van der Waals surface area contributed by atoms with Crippen LogP contribution in [-0.2, 0) is 0 Å². The summed E-state index contributed by atoms with van der Waals surface area (Å²) in [5.74, 6) is 0.576. The van der Waals surface area contributed by atoms with Crippen LogP contribution in [-0.4, -0.2) is 32.9 Å². The minimum atomic E-state index is -0.161. The molecule has 0 radical (unpaired) electrons. The Morgan fingerprint density at radius 3 is 2.78 bits per heavy atom. The lowest BCUT2D eigenvalue weighted by Gasteiger charge is -2.22. The van der Waals surface area contributed by atoms with Gasteiger partial charge in [-0.1, -0.05) is 0 Å². The minimum Gasteiger partial charge on any atom is -0.364 e. The second-order valence-corrected chi connectivity index (χ2v) is 6.49. The highest BCUT2D eigenvalue weighted by Crippen LogP contribution is 2.23. The molecule has 2 N–H and O–H groups in total. The summed E-state index contributed by atoms with van der Waals surface area (Å²) in [4.78, 5) is 25.1. The van der Waals surface area contributed by atoms with Gasteiger partial charge in [-0.15, -0.1) is 0 Å². The zero-order chi connectivity index (χ0) is 16.2. The number of aromatic nitrogens is 3. The molecule has 2 atom stereocenters. The van der Waals surface area contributed by atoms with Crippen molar-refractivity contribution in [2.24, 2.45) is 0 Å². The van der Waals surface area contributed by atoms with E-state index in [4.69, 9.17) is 0 Å². The smallest absolute Gasteiger partial charge is 0.271 e. The van der Waals surface area contributed by atoms with E-state index in [1.54, 1.807) is 24.7 Å². The number of carbonyl (C=O) groups excluding carboxylic acids is 1. The van der Waals surface area contributed by atoms with Crippen LogP contribution in [0.3, 0.4) is 0 Å². The lowest BCUT2D eigenvalue weighted by molar-refractivity contribution is 0.0930. The van der Waals surface area contributed by atoms with Crippen LogP contribution in [0.2, 0.25) is 0 Å². The Balaban J connectivity index is 1.66. The monoisotopic (exact) mass is 375 g/mol. The fraction of sp³-hybridized carbons (Fsp3) is 0.375. The van der Waals surface area contributed by atoms with E-state index in [0.29, 0.717) is 10.2 Å². The van der Waals surface area contributed by atoms with E-state index in [0.717, 1.165) is 30.8 Å². The van der Waals surface area contributed by atoms with Gasteiger partial charge < -0.3 is 10.6 Å². The van der Waals surface area contributed by atoms with Gasteiger partial charge in [-0.25, -0.2) is 9.97 Å². The number of halogens is 1. The molecule has 0 spiro atoms. The van der Waals surface area contributed by atoms with Gasteiger partial charge in [-0.3, -0.25) is 9.78 Å². The SMILES string of the molecule is Cc1cnc(N[C@H]2CCC[C@@H]2NC(=O)c2ncccc2Br)cn1. The number of pyridine rings is 1. The molecule has 0 unspecified atom stereocenters. The van der Waals surface area contributed by atoms with E-state index in [9.17, 15) is 4.79 Å². The lowest BCUT2D eigenvalue weighted by atomic mass is 10.1. The number of aryl methyl sites for hydroxylation is 1. The first kappa shape index (κ1) is 15.9. The van der Waals surface area contributed by atoms with Crippen molar-refractivity contribution < 1.29 is 4.79 Å². The van der Waals surface area contributed by atoms with Crippen molar-refractivity contribution in [1.29, 1.82) is 0 Å². The first-order valence-electron chi connectivity index (χ1n) is 7.60. The third-order valence-electron chi connectivity index (χ3n) is 3.92. The van der Waals surface area contributed by atoms with Crippen LogP contribution < -0.4 is 10.6 Å². The van der Waals surface area contributed by atoms with Crippen molar-refractivity contribution in [1.82, 2.24) is 20.3 Å². The number of nitrogens with zero attached hydrogens (tertiary/aromatic N) is 3. The van der Waals surface area contributed by atoms with Gasteiger partial charge in [0.05, 0.1) is 18.1 Å². The maximum Gasteiger partial charge on any atom is 0.271 e. The highest BCUT2D eigenvalue weighted by molar-refractivity contribution is 9.10. The van der Waals surface area contributed by atoms with E-state index >= 15 is 0 Å². The van der Waals surface area contributed by atoms with Gasteiger partial charge in [0, 0.05) is 22.8 Å². The average molecular weight is 376 g/mol. The molecule has 2 heterocycles. The molecular formula is C16H18BrN5O. The first-order chi connectivity index (χ1) is 11.1. The van der Waals surface area contributed by atoms with Crippen molar-refractivity contribution >= 4 is 27.7 Å². The Morgan fingerprint density at radius 2 is 2.04 bits per heavy atom. The Morgan fingerprint density at radius 1 is 1.22 bits per heavy atom. The molecule has 1 fully saturated rings. The van der Waals surface area contributed by atoms with Crippen LogP contribution >= 0.6 is 15.9 Å². The topological polar surface area (TPSA) is 79.8 Å². The van der Waals surface area contributed by atoms with Gasteiger partial charge in [0.15, 0.2) is 0 Å². The van der Waals surface area contributed by atoms with Crippen LogP contribution in [0.25, 0.3) is 0 Å². The van der Waals surface area contributed by atoms with Crippen molar-refractivity contribution in [2.75, 3.05) is 5.32 Å². The molecule has 1 aliphatic rings. The van der Waals surface area contributed by atoms with E-state index in [2.05, 4.69) is 41.5 Å². The largest absolute Gasteiger partial charge is 0.364 e. The fourth-order valence-electron chi connectivity index (χ4n) is 2.75.